The van der Waals surface area contributed by atoms with Crippen molar-refractivity contribution in [1.82, 2.24) is 80.7 Å². The Bertz CT molecular complexity index is 4790. The SMILES string of the molecule is Brc1ncnc2n[nH]c(-c3ccc(Oc4ccccc4)cc3)c12.C.C.C.C.C.Clc1ncnc2n[nH]c(-c3ccc(Oc4ccccc4)cc3)c12.Fc1ncnc2n[nH]c(-c3ccc(Oc4ccccc4)cc3)c12.O=c1[nH]cnc2n[nH]c(-c3ccc(Oc4ccccc4)cc3)c12. The van der Waals surface area contributed by atoms with Crippen molar-refractivity contribution < 1.29 is 23.3 Å². The van der Waals surface area contributed by atoms with Crippen molar-refractivity contribution in [2.45, 2.75) is 37.1 Å². The van der Waals surface area contributed by atoms with Crippen LogP contribution in [0.25, 0.3) is 89.2 Å². The van der Waals surface area contributed by atoms with Crippen LogP contribution in [-0.2, 0) is 0 Å². The van der Waals surface area contributed by atoms with Gasteiger partial charge in [-0.05, 0) is 162 Å². The van der Waals surface area contributed by atoms with E-state index >= 15 is 0 Å². The van der Waals surface area contributed by atoms with Gasteiger partial charge in [0.1, 0.15) is 85.5 Å². The summed E-state index contributed by atoms with van der Waals surface area (Å²) >= 11 is 9.60. The molecule has 0 radical (unpaired) electrons. The molecular formula is C73H65BrClFN16O5. The van der Waals surface area contributed by atoms with Gasteiger partial charge in [-0.15, -0.1) is 0 Å². The van der Waals surface area contributed by atoms with Crippen LogP contribution in [0.1, 0.15) is 37.1 Å². The van der Waals surface area contributed by atoms with Crippen molar-refractivity contribution in [3.05, 3.63) is 270 Å². The fourth-order valence-corrected chi connectivity index (χ4v) is 10.1. The number of halogens is 3. The highest BCUT2D eigenvalue weighted by Gasteiger charge is 2.17. The minimum absolute atomic E-state index is 0. The number of rotatable bonds is 12. The second-order valence-electron chi connectivity index (χ2n) is 19.7. The highest BCUT2D eigenvalue weighted by molar-refractivity contribution is 9.10. The molecule has 0 saturated heterocycles. The van der Waals surface area contributed by atoms with Gasteiger partial charge in [-0.25, -0.2) is 34.9 Å². The number of aromatic amines is 5. The molecule has 16 aromatic rings. The average molecular weight is 1380 g/mol. The Morgan fingerprint density at radius 3 is 1.00 bits per heavy atom. The van der Waals surface area contributed by atoms with Crippen LogP contribution in [-0.4, -0.2) is 80.7 Å². The van der Waals surface area contributed by atoms with Gasteiger partial charge in [0.25, 0.3) is 5.56 Å². The molecule has 97 heavy (non-hydrogen) atoms. The highest BCUT2D eigenvalue weighted by Crippen LogP contribution is 2.35. The summed E-state index contributed by atoms with van der Waals surface area (Å²) in [5, 5.41) is 30.8. The van der Waals surface area contributed by atoms with Crippen LogP contribution < -0.4 is 24.5 Å². The number of para-hydroxylation sites is 4. The van der Waals surface area contributed by atoms with E-state index in [1.165, 1.54) is 19.0 Å². The summed E-state index contributed by atoms with van der Waals surface area (Å²) in [6.45, 7) is 0. The first-order valence-corrected chi connectivity index (χ1v) is 29.2. The summed E-state index contributed by atoms with van der Waals surface area (Å²) in [5.41, 5.74) is 8.05. The van der Waals surface area contributed by atoms with E-state index in [4.69, 9.17) is 30.5 Å². The molecule has 0 aliphatic rings. The molecule has 8 heterocycles. The number of aromatic nitrogens is 16. The molecule has 0 fully saturated rings. The lowest BCUT2D eigenvalue weighted by Gasteiger charge is -2.06. The molecule has 488 valence electrons. The first-order valence-electron chi connectivity index (χ1n) is 28.0. The lowest BCUT2D eigenvalue weighted by atomic mass is 10.1. The summed E-state index contributed by atoms with van der Waals surface area (Å²) in [4.78, 5) is 42.5. The molecule has 5 N–H and O–H groups in total. The van der Waals surface area contributed by atoms with Crippen LogP contribution in [0.5, 0.6) is 46.0 Å². The Labute approximate surface area is 570 Å². The van der Waals surface area contributed by atoms with Gasteiger partial charge in [-0.3, -0.25) is 25.2 Å². The molecule has 0 amide bonds. The normalized spacial score (nSPS) is 10.3. The second-order valence-corrected chi connectivity index (χ2v) is 20.8. The maximum absolute atomic E-state index is 13.9. The van der Waals surface area contributed by atoms with Gasteiger partial charge in [0.2, 0.25) is 5.95 Å². The molecular weight excluding hydrogens is 1320 g/mol. The Kier molecular flexibility index (Phi) is 24.0. The molecule has 21 nitrogen and oxygen atoms in total. The first kappa shape index (κ1) is 70.5. The highest BCUT2D eigenvalue weighted by atomic mass is 79.9. The predicted octanol–water partition coefficient (Wildman–Crippen LogP) is 19.3. The number of ether oxygens (including phenoxy) is 4. The lowest BCUT2D eigenvalue weighted by molar-refractivity contribution is 0.482. The largest absolute Gasteiger partial charge is 0.457 e. The number of H-pyrrole nitrogens is 5. The number of hydrogen-bond donors (Lipinski definition) is 5. The van der Waals surface area contributed by atoms with Crippen molar-refractivity contribution >= 4 is 71.7 Å². The zero-order valence-electron chi connectivity index (χ0n) is 47.7. The minimum atomic E-state index is -0.594. The van der Waals surface area contributed by atoms with Crippen LogP contribution in [0.2, 0.25) is 5.15 Å². The fraction of sp³-hybridized carbons (Fsp3) is 0.0685. The maximum atomic E-state index is 13.9. The van der Waals surface area contributed by atoms with Crippen molar-refractivity contribution in [3.8, 4) is 91.0 Å². The predicted molar refractivity (Wildman–Crippen MR) is 384 cm³/mol. The molecule has 24 heteroatoms. The summed E-state index contributed by atoms with van der Waals surface area (Å²) in [6, 6.07) is 68.6. The van der Waals surface area contributed by atoms with Crippen LogP contribution in [0.3, 0.4) is 0 Å². The van der Waals surface area contributed by atoms with Gasteiger partial charge in [-0.2, -0.15) is 24.8 Å². The second kappa shape index (κ2) is 33.0. The number of benzene rings is 8. The van der Waals surface area contributed by atoms with Gasteiger partial charge >= 0.3 is 0 Å². The maximum Gasteiger partial charge on any atom is 0.262 e. The van der Waals surface area contributed by atoms with E-state index in [9.17, 15) is 9.18 Å². The molecule has 16 rings (SSSR count). The number of nitrogens with one attached hydrogen (secondary N) is 5. The smallest absolute Gasteiger partial charge is 0.262 e. The Hall–Kier alpha value is -12.3. The van der Waals surface area contributed by atoms with Crippen molar-refractivity contribution in [2.75, 3.05) is 0 Å². The van der Waals surface area contributed by atoms with Gasteiger partial charge in [0.15, 0.2) is 22.6 Å². The molecule has 0 spiro atoms. The van der Waals surface area contributed by atoms with Gasteiger partial charge in [0.05, 0.1) is 39.9 Å². The Morgan fingerprint density at radius 1 is 0.330 bits per heavy atom. The van der Waals surface area contributed by atoms with Crippen molar-refractivity contribution in [1.29, 1.82) is 0 Å². The van der Waals surface area contributed by atoms with Crippen LogP contribution >= 0.6 is 27.5 Å². The van der Waals surface area contributed by atoms with E-state index in [1.54, 1.807) is 0 Å². The van der Waals surface area contributed by atoms with E-state index < -0.39 is 5.95 Å². The van der Waals surface area contributed by atoms with E-state index in [2.05, 4.69) is 96.6 Å². The van der Waals surface area contributed by atoms with Crippen LogP contribution in [0.15, 0.2) is 253 Å². The molecule has 0 aliphatic carbocycles. The third-order valence-electron chi connectivity index (χ3n) is 13.8. The van der Waals surface area contributed by atoms with Gasteiger partial charge < -0.3 is 23.9 Å². The third-order valence-corrected chi connectivity index (χ3v) is 14.6. The quantitative estimate of drug-likeness (QED) is 0.0711. The molecule has 8 aromatic heterocycles. The van der Waals surface area contributed by atoms with E-state index in [-0.39, 0.29) is 48.1 Å². The summed E-state index contributed by atoms with van der Waals surface area (Å²) in [5.74, 6) is 5.48. The molecule has 0 unspecified atom stereocenters. The summed E-state index contributed by atoms with van der Waals surface area (Å²) in [6.07, 6.45) is 5.37. The molecule has 0 atom stereocenters. The standard InChI is InChI=1S/C17H11BrN4O.C17H11ClN4O.C17H11FN4O.C17H12N4O2.5CH4/c3*18-16-14-15(21-22-17(14)20-10-19-16)11-6-8-13(9-7-11)23-12-4-2-1-3-5-12;22-17-14-15(20-21-16(14)18-10-19-17)11-6-8-13(9-7-11)23-12-4-2-1-3-5-12;;;;;/h3*1-10H,(H,19,20,21,22);1-10H,(H2,18,19,20,21,22);5*1H4. The Balaban J connectivity index is 0.000000162. The monoisotopic (exact) mass is 1380 g/mol. The lowest BCUT2D eigenvalue weighted by Crippen LogP contribution is -2.05. The molecule has 8 aromatic carbocycles. The number of fused-ring (bicyclic) bond motifs is 4. The zero-order chi connectivity index (χ0) is 62.6. The Morgan fingerprint density at radius 2 is 0.619 bits per heavy atom. The van der Waals surface area contributed by atoms with E-state index in [0.717, 1.165) is 90.2 Å². The van der Waals surface area contributed by atoms with Crippen molar-refractivity contribution in [2.24, 2.45) is 0 Å². The topological polar surface area (TPSA) is 275 Å². The zero-order valence-corrected chi connectivity index (χ0v) is 50.0. The molecule has 0 aliphatic heterocycles. The number of hydrogen-bond acceptors (Lipinski definition) is 16. The molecule has 0 saturated carbocycles. The fourth-order valence-electron chi connectivity index (χ4n) is 9.42. The average Bonchev–Trinajstić information content (AvgIpc) is 1.69. The molecule has 0 bridgehead atoms. The van der Waals surface area contributed by atoms with Crippen LogP contribution in [0, 0.1) is 5.95 Å². The minimum Gasteiger partial charge on any atom is -0.457 e. The summed E-state index contributed by atoms with van der Waals surface area (Å²) < 4.78 is 37.7. The third kappa shape index (κ3) is 16.5. The van der Waals surface area contributed by atoms with Crippen LogP contribution in [0.4, 0.5) is 4.39 Å². The number of nitrogens with zero attached hydrogens (tertiary/aromatic N) is 11. The van der Waals surface area contributed by atoms with E-state index in [1.807, 2.05) is 218 Å². The first-order chi connectivity index (χ1) is 45.2. The van der Waals surface area contributed by atoms with Crippen molar-refractivity contribution in [3.63, 3.8) is 0 Å². The summed E-state index contributed by atoms with van der Waals surface area (Å²) in [7, 11) is 0. The van der Waals surface area contributed by atoms with Gasteiger partial charge in [0, 0.05) is 22.3 Å². The van der Waals surface area contributed by atoms with E-state index in [0.29, 0.717) is 55.7 Å². The van der Waals surface area contributed by atoms with Gasteiger partial charge in [-0.1, -0.05) is 122 Å².